The lowest BCUT2D eigenvalue weighted by Crippen LogP contribution is -1.95. The van der Waals surface area contributed by atoms with Crippen LogP contribution in [0.3, 0.4) is 0 Å². The largest absolute Gasteiger partial charge is 0.340 e. The number of benzene rings is 2. The van der Waals surface area contributed by atoms with Gasteiger partial charge in [0.2, 0.25) is 0 Å². The Balaban J connectivity index is 1.79. The van der Waals surface area contributed by atoms with E-state index in [0.29, 0.717) is 0 Å². The van der Waals surface area contributed by atoms with Crippen LogP contribution in [0.5, 0.6) is 0 Å². The fourth-order valence-corrected chi connectivity index (χ4v) is 2.65. The zero-order chi connectivity index (χ0) is 14.9. The van der Waals surface area contributed by atoms with Gasteiger partial charge in [0.1, 0.15) is 12.1 Å². The Hall–Kier alpha value is -2.95. The van der Waals surface area contributed by atoms with E-state index >= 15 is 0 Å². The number of aryl methyl sites for hydroxylation is 1. The highest BCUT2D eigenvalue weighted by Crippen LogP contribution is 2.26. The first-order valence-electron chi connectivity index (χ1n) is 7.29. The van der Waals surface area contributed by atoms with Crippen LogP contribution in [0.2, 0.25) is 0 Å². The highest BCUT2D eigenvalue weighted by Gasteiger charge is 2.07. The summed E-state index contributed by atoms with van der Waals surface area (Å²) in [6.07, 6.45) is 2.51. The van der Waals surface area contributed by atoms with Crippen LogP contribution in [0, 0.1) is 0 Å². The lowest BCUT2D eigenvalue weighted by molar-refractivity contribution is 0.988. The van der Waals surface area contributed by atoms with Crippen LogP contribution in [-0.2, 0) is 6.42 Å². The summed E-state index contributed by atoms with van der Waals surface area (Å²) in [6.45, 7) is 2.12. The molecule has 2 heterocycles. The minimum atomic E-state index is 0.812. The van der Waals surface area contributed by atoms with E-state index in [4.69, 9.17) is 0 Å². The third-order valence-corrected chi connectivity index (χ3v) is 3.79. The van der Waals surface area contributed by atoms with Crippen molar-refractivity contribution < 1.29 is 0 Å². The van der Waals surface area contributed by atoms with Gasteiger partial charge in [-0.3, -0.25) is 5.10 Å². The molecule has 2 aromatic heterocycles. The van der Waals surface area contributed by atoms with Gasteiger partial charge in [-0.15, -0.1) is 0 Å². The molecule has 0 fully saturated rings. The predicted molar refractivity (Wildman–Crippen MR) is 88.3 cm³/mol. The molecular weight excluding hydrogens is 274 g/mol. The third-order valence-electron chi connectivity index (χ3n) is 3.79. The Kier molecular flexibility index (Phi) is 2.96. The van der Waals surface area contributed by atoms with E-state index in [1.54, 1.807) is 6.33 Å². The normalized spacial score (nSPS) is 11.1. The van der Waals surface area contributed by atoms with Crippen molar-refractivity contribution in [3.63, 3.8) is 0 Å². The maximum Gasteiger partial charge on any atom is 0.141 e. The molecular formula is C17H15N5. The topological polar surface area (TPSA) is 66.5 Å². The Bertz CT molecular complexity index is 952. The zero-order valence-electron chi connectivity index (χ0n) is 12.2. The molecule has 2 N–H and O–H groups in total. The van der Waals surface area contributed by atoms with E-state index in [1.165, 1.54) is 0 Å². The van der Waals surface area contributed by atoms with Crippen molar-refractivity contribution in [1.29, 1.82) is 0 Å². The van der Waals surface area contributed by atoms with Crippen LogP contribution >= 0.6 is 0 Å². The van der Waals surface area contributed by atoms with Crippen molar-refractivity contribution in [3.8, 4) is 0 Å². The Morgan fingerprint density at radius 2 is 1.91 bits per heavy atom. The molecule has 4 rings (SSSR count). The lowest BCUT2D eigenvalue weighted by Gasteiger charge is -2.08. The molecule has 2 aromatic carbocycles. The van der Waals surface area contributed by atoms with Gasteiger partial charge < -0.3 is 5.32 Å². The predicted octanol–water partition coefficient (Wildman–Crippen LogP) is 3.81. The second-order valence-corrected chi connectivity index (χ2v) is 5.15. The van der Waals surface area contributed by atoms with Gasteiger partial charge in [0, 0.05) is 22.2 Å². The molecule has 0 spiro atoms. The molecule has 0 bridgehead atoms. The van der Waals surface area contributed by atoms with Crippen molar-refractivity contribution >= 4 is 33.3 Å². The quantitative estimate of drug-likeness (QED) is 0.602. The summed E-state index contributed by atoms with van der Waals surface area (Å²) in [4.78, 5) is 8.65. The van der Waals surface area contributed by atoms with Gasteiger partial charge in [-0.1, -0.05) is 19.1 Å². The smallest absolute Gasteiger partial charge is 0.141 e. The summed E-state index contributed by atoms with van der Waals surface area (Å²) in [5.74, 6) is 0.812. The molecule has 0 radical (unpaired) electrons. The van der Waals surface area contributed by atoms with Crippen LogP contribution in [0.15, 0.2) is 48.8 Å². The van der Waals surface area contributed by atoms with E-state index < -0.39 is 0 Å². The number of nitrogens with zero attached hydrogens (tertiary/aromatic N) is 3. The number of aromatic amines is 1. The molecule has 108 valence electrons. The van der Waals surface area contributed by atoms with Crippen LogP contribution < -0.4 is 5.32 Å². The third kappa shape index (κ3) is 2.07. The summed E-state index contributed by atoms with van der Waals surface area (Å²) in [6, 6.07) is 14.1. The zero-order valence-corrected chi connectivity index (χ0v) is 12.2. The maximum absolute atomic E-state index is 4.37. The highest BCUT2D eigenvalue weighted by molar-refractivity contribution is 5.92. The van der Waals surface area contributed by atoms with E-state index in [2.05, 4.69) is 38.5 Å². The summed E-state index contributed by atoms with van der Waals surface area (Å²) >= 11 is 0. The molecule has 0 saturated heterocycles. The summed E-state index contributed by atoms with van der Waals surface area (Å²) in [7, 11) is 0. The van der Waals surface area contributed by atoms with Gasteiger partial charge in [-0.25, -0.2) is 9.97 Å². The average molecular weight is 289 g/mol. The standard InChI is InChI=1S/C17H15N5/c1-2-14-13-9-11(7-8-16(13)22-21-14)20-17-12-5-3-4-6-15(12)18-10-19-17/h3-10H,2H2,1H3,(H,21,22)(H,18,19,20). The molecule has 4 aromatic rings. The number of hydrogen-bond acceptors (Lipinski definition) is 4. The fourth-order valence-electron chi connectivity index (χ4n) is 2.65. The number of nitrogens with one attached hydrogen (secondary N) is 2. The van der Waals surface area contributed by atoms with E-state index in [1.807, 2.05) is 36.4 Å². The first-order chi connectivity index (χ1) is 10.8. The summed E-state index contributed by atoms with van der Waals surface area (Å²) in [5.41, 5.74) is 4.05. The summed E-state index contributed by atoms with van der Waals surface area (Å²) < 4.78 is 0. The van der Waals surface area contributed by atoms with Gasteiger partial charge in [0.05, 0.1) is 11.0 Å². The molecule has 5 heteroatoms. The number of H-pyrrole nitrogens is 1. The van der Waals surface area contributed by atoms with Gasteiger partial charge in [0.25, 0.3) is 0 Å². The van der Waals surface area contributed by atoms with Crippen molar-refractivity contribution in [2.24, 2.45) is 0 Å². The van der Waals surface area contributed by atoms with Gasteiger partial charge in [-0.05, 0) is 36.8 Å². The summed E-state index contributed by atoms with van der Waals surface area (Å²) in [5, 5.41) is 12.9. The number of fused-ring (bicyclic) bond motifs is 2. The maximum atomic E-state index is 4.37. The minimum Gasteiger partial charge on any atom is -0.340 e. The number of hydrogen-bond donors (Lipinski definition) is 2. The fraction of sp³-hybridized carbons (Fsp3) is 0.118. The lowest BCUT2D eigenvalue weighted by atomic mass is 10.1. The average Bonchev–Trinajstić information content (AvgIpc) is 2.97. The minimum absolute atomic E-state index is 0.812. The van der Waals surface area contributed by atoms with Crippen LogP contribution in [0.25, 0.3) is 21.8 Å². The van der Waals surface area contributed by atoms with Gasteiger partial charge >= 0.3 is 0 Å². The molecule has 0 amide bonds. The number of anilines is 2. The molecule has 0 unspecified atom stereocenters. The molecule has 0 aliphatic rings. The first kappa shape index (κ1) is 12.8. The van der Waals surface area contributed by atoms with E-state index in [9.17, 15) is 0 Å². The van der Waals surface area contributed by atoms with Crippen LogP contribution in [0.4, 0.5) is 11.5 Å². The second-order valence-electron chi connectivity index (χ2n) is 5.15. The first-order valence-corrected chi connectivity index (χ1v) is 7.29. The Morgan fingerprint density at radius 1 is 1.00 bits per heavy atom. The highest BCUT2D eigenvalue weighted by atomic mass is 15.1. The van der Waals surface area contributed by atoms with Crippen molar-refractivity contribution in [2.45, 2.75) is 13.3 Å². The van der Waals surface area contributed by atoms with Gasteiger partial charge in [0.15, 0.2) is 0 Å². The van der Waals surface area contributed by atoms with Crippen LogP contribution in [0.1, 0.15) is 12.6 Å². The van der Waals surface area contributed by atoms with Crippen molar-refractivity contribution in [3.05, 3.63) is 54.5 Å². The monoisotopic (exact) mass is 289 g/mol. The SMILES string of the molecule is CCc1[nH]nc2ccc(Nc3ncnc4ccccc34)cc12. The Labute approximate surface area is 127 Å². The Morgan fingerprint density at radius 3 is 2.82 bits per heavy atom. The molecule has 0 atom stereocenters. The van der Waals surface area contributed by atoms with E-state index in [-0.39, 0.29) is 0 Å². The second kappa shape index (κ2) is 5.11. The molecule has 5 nitrogen and oxygen atoms in total. The van der Waals surface area contributed by atoms with Gasteiger partial charge in [-0.2, -0.15) is 5.10 Å². The molecule has 22 heavy (non-hydrogen) atoms. The molecule has 0 saturated carbocycles. The van der Waals surface area contributed by atoms with Crippen molar-refractivity contribution in [2.75, 3.05) is 5.32 Å². The number of rotatable bonds is 3. The van der Waals surface area contributed by atoms with E-state index in [0.717, 1.165) is 45.4 Å². The van der Waals surface area contributed by atoms with Crippen LogP contribution in [-0.4, -0.2) is 20.2 Å². The molecule has 0 aliphatic heterocycles. The number of aromatic nitrogens is 4. The molecule has 0 aliphatic carbocycles. The number of para-hydroxylation sites is 1. The van der Waals surface area contributed by atoms with Crippen molar-refractivity contribution in [1.82, 2.24) is 20.2 Å².